The van der Waals surface area contributed by atoms with E-state index in [1.807, 2.05) is 37.3 Å². The highest BCUT2D eigenvalue weighted by atomic mass is 14.9. The van der Waals surface area contributed by atoms with Gasteiger partial charge in [0.15, 0.2) is 0 Å². The van der Waals surface area contributed by atoms with Crippen molar-refractivity contribution in [1.29, 1.82) is 5.26 Å². The highest BCUT2D eigenvalue weighted by molar-refractivity contribution is 5.61. The molecule has 1 heterocycles. The molecule has 80 valence electrons. The Morgan fingerprint density at radius 2 is 2.06 bits per heavy atom. The number of nitriles is 1. The van der Waals surface area contributed by atoms with Crippen LogP contribution >= 0.6 is 0 Å². The molecule has 0 aliphatic heterocycles. The molecule has 3 heteroatoms. The number of imidazole rings is 1. The predicted octanol–water partition coefficient (Wildman–Crippen LogP) is 2.84. The van der Waals surface area contributed by atoms with Gasteiger partial charge >= 0.3 is 0 Å². The second-order valence-electron chi connectivity index (χ2n) is 3.68. The molecule has 0 saturated heterocycles. The van der Waals surface area contributed by atoms with Gasteiger partial charge in [-0.05, 0) is 6.92 Å². The Hall–Kier alpha value is -2.08. The maximum absolute atomic E-state index is 8.53. The molecule has 1 N–H and O–H groups in total. The minimum Gasteiger partial charge on any atom is -0.346 e. The van der Waals surface area contributed by atoms with Crippen LogP contribution in [0.1, 0.15) is 17.9 Å². The largest absolute Gasteiger partial charge is 0.346 e. The minimum absolute atomic E-state index is 0.501. The van der Waals surface area contributed by atoms with E-state index in [1.165, 1.54) is 0 Å². The predicted molar refractivity (Wildman–Crippen MR) is 62.7 cm³/mol. The first-order chi connectivity index (χ1) is 7.81. The lowest BCUT2D eigenvalue weighted by molar-refractivity contribution is 0.913. The van der Waals surface area contributed by atoms with Crippen LogP contribution in [0.15, 0.2) is 30.3 Å². The molecule has 2 rings (SSSR count). The van der Waals surface area contributed by atoms with E-state index in [1.54, 1.807) is 0 Å². The Balaban J connectivity index is 2.29. The Kier molecular flexibility index (Phi) is 3.02. The monoisotopic (exact) mass is 211 g/mol. The van der Waals surface area contributed by atoms with Gasteiger partial charge in [-0.1, -0.05) is 30.3 Å². The number of nitrogens with zero attached hydrogens (tertiary/aromatic N) is 2. The molecule has 3 nitrogen and oxygen atoms in total. The highest BCUT2D eigenvalue weighted by Crippen LogP contribution is 2.20. The molecule has 0 spiro atoms. The van der Waals surface area contributed by atoms with Crippen LogP contribution in [0.3, 0.4) is 0 Å². The van der Waals surface area contributed by atoms with E-state index in [0.717, 1.165) is 22.8 Å². The minimum atomic E-state index is 0.501. The zero-order valence-corrected chi connectivity index (χ0v) is 9.20. The zero-order valence-electron chi connectivity index (χ0n) is 9.20. The van der Waals surface area contributed by atoms with Crippen LogP contribution in [-0.2, 0) is 6.42 Å². The standard InChI is InChI=1S/C13H13N3/c1-10-13(11-6-3-2-4-7-11)16-12(15-10)8-5-9-14/h2-4,6-7H,5,8H2,1H3,(H,15,16). The maximum atomic E-state index is 8.53. The van der Waals surface area contributed by atoms with Crippen molar-refractivity contribution in [2.24, 2.45) is 0 Å². The van der Waals surface area contributed by atoms with E-state index in [4.69, 9.17) is 5.26 Å². The van der Waals surface area contributed by atoms with E-state index in [2.05, 4.69) is 16.0 Å². The molecule has 0 saturated carbocycles. The number of aromatic amines is 1. The third-order valence-corrected chi connectivity index (χ3v) is 2.45. The fourth-order valence-electron chi connectivity index (χ4n) is 1.69. The molecule has 0 amide bonds. The lowest BCUT2D eigenvalue weighted by atomic mass is 10.1. The molecule has 0 bridgehead atoms. The van der Waals surface area contributed by atoms with Crippen LogP contribution in [0.25, 0.3) is 11.3 Å². The fourth-order valence-corrected chi connectivity index (χ4v) is 1.69. The third-order valence-electron chi connectivity index (χ3n) is 2.45. The van der Waals surface area contributed by atoms with Crippen LogP contribution in [-0.4, -0.2) is 9.97 Å². The summed E-state index contributed by atoms with van der Waals surface area (Å²) >= 11 is 0. The fraction of sp³-hybridized carbons (Fsp3) is 0.231. The average Bonchev–Trinajstić information content (AvgIpc) is 2.69. The van der Waals surface area contributed by atoms with Gasteiger partial charge in [-0.15, -0.1) is 0 Å². The summed E-state index contributed by atoms with van der Waals surface area (Å²) in [5.41, 5.74) is 3.15. The van der Waals surface area contributed by atoms with Crippen molar-refractivity contribution in [3.63, 3.8) is 0 Å². The molecule has 0 aliphatic carbocycles. The summed E-state index contributed by atoms with van der Waals surface area (Å²) in [5.74, 6) is 0.887. The van der Waals surface area contributed by atoms with Crippen molar-refractivity contribution in [2.75, 3.05) is 0 Å². The third kappa shape index (κ3) is 2.12. The van der Waals surface area contributed by atoms with Crippen molar-refractivity contribution >= 4 is 0 Å². The van der Waals surface area contributed by atoms with E-state index in [0.29, 0.717) is 12.8 Å². The zero-order chi connectivity index (χ0) is 11.4. The first-order valence-electron chi connectivity index (χ1n) is 5.29. The molecule has 0 unspecified atom stereocenters. The Morgan fingerprint density at radius 1 is 1.31 bits per heavy atom. The Bertz CT molecular complexity index is 506. The average molecular weight is 211 g/mol. The first-order valence-corrected chi connectivity index (χ1v) is 5.29. The normalized spacial score (nSPS) is 10.0. The van der Waals surface area contributed by atoms with Crippen LogP contribution in [0.2, 0.25) is 0 Å². The highest BCUT2D eigenvalue weighted by Gasteiger charge is 2.07. The summed E-state index contributed by atoms with van der Waals surface area (Å²) in [6.07, 6.45) is 1.19. The summed E-state index contributed by atoms with van der Waals surface area (Å²) in [6, 6.07) is 12.2. The molecule has 0 atom stereocenters. The maximum Gasteiger partial charge on any atom is 0.108 e. The number of hydrogen-bond donors (Lipinski definition) is 1. The van der Waals surface area contributed by atoms with Crippen molar-refractivity contribution in [3.05, 3.63) is 41.9 Å². The first kappa shape index (κ1) is 10.4. The lowest BCUT2D eigenvalue weighted by Crippen LogP contribution is -1.86. The molecule has 16 heavy (non-hydrogen) atoms. The lowest BCUT2D eigenvalue weighted by Gasteiger charge is -1.96. The van der Waals surface area contributed by atoms with E-state index in [-0.39, 0.29) is 0 Å². The molecule has 1 aromatic carbocycles. The van der Waals surface area contributed by atoms with Gasteiger partial charge in [0.1, 0.15) is 5.82 Å². The van der Waals surface area contributed by atoms with Crippen molar-refractivity contribution in [1.82, 2.24) is 9.97 Å². The van der Waals surface area contributed by atoms with Gasteiger partial charge in [0.25, 0.3) is 0 Å². The molecule has 0 radical (unpaired) electrons. The van der Waals surface area contributed by atoms with Gasteiger partial charge in [-0.3, -0.25) is 0 Å². The number of nitrogens with one attached hydrogen (secondary N) is 1. The van der Waals surface area contributed by atoms with Gasteiger partial charge in [-0.25, -0.2) is 4.98 Å². The van der Waals surface area contributed by atoms with Crippen LogP contribution in [0.5, 0.6) is 0 Å². The Morgan fingerprint density at radius 3 is 2.75 bits per heavy atom. The summed E-state index contributed by atoms with van der Waals surface area (Å²) in [5, 5.41) is 8.53. The van der Waals surface area contributed by atoms with E-state index < -0.39 is 0 Å². The quantitative estimate of drug-likeness (QED) is 0.848. The molecule has 1 aromatic heterocycles. The summed E-state index contributed by atoms with van der Waals surface area (Å²) in [7, 11) is 0. The smallest absolute Gasteiger partial charge is 0.108 e. The van der Waals surface area contributed by atoms with Crippen molar-refractivity contribution in [2.45, 2.75) is 19.8 Å². The molecule has 0 fully saturated rings. The van der Waals surface area contributed by atoms with Gasteiger partial charge in [0.05, 0.1) is 11.8 Å². The number of H-pyrrole nitrogens is 1. The van der Waals surface area contributed by atoms with Crippen LogP contribution in [0, 0.1) is 18.3 Å². The van der Waals surface area contributed by atoms with E-state index >= 15 is 0 Å². The summed E-state index contributed by atoms with van der Waals surface area (Å²) in [4.78, 5) is 7.73. The molecular weight excluding hydrogens is 198 g/mol. The number of aryl methyl sites for hydroxylation is 2. The number of aromatic nitrogens is 2. The summed E-state index contributed by atoms with van der Waals surface area (Å²) < 4.78 is 0. The van der Waals surface area contributed by atoms with Gasteiger partial charge in [-0.2, -0.15) is 5.26 Å². The molecular formula is C13H13N3. The second-order valence-corrected chi connectivity index (χ2v) is 3.68. The van der Waals surface area contributed by atoms with Crippen molar-refractivity contribution in [3.8, 4) is 17.3 Å². The topological polar surface area (TPSA) is 52.5 Å². The SMILES string of the molecule is Cc1[nH]c(CCC#N)nc1-c1ccccc1. The van der Waals surface area contributed by atoms with Crippen molar-refractivity contribution < 1.29 is 0 Å². The van der Waals surface area contributed by atoms with Gasteiger partial charge < -0.3 is 4.98 Å². The number of benzene rings is 1. The second kappa shape index (κ2) is 4.63. The molecule has 0 aliphatic rings. The van der Waals surface area contributed by atoms with E-state index in [9.17, 15) is 0 Å². The number of rotatable bonds is 3. The van der Waals surface area contributed by atoms with Gasteiger partial charge in [0.2, 0.25) is 0 Å². The van der Waals surface area contributed by atoms with Crippen LogP contribution in [0.4, 0.5) is 0 Å². The number of hydrogen-bond acceptors (Lipinski definition) is 2. The Labute approximate surface area is 94.8 Å². The molecule has 2 aromatic rings. The van der Waals surface area contributed by atoms with Crippen LogP contribution < -0.4 is 0 Å². The summed E-state index contributed by atoms with van der Waals surface area (Å²) in [6.45, 7) is 2.01. The van der Waals surface area contributed by atoms with Gasteiger partial charge in [0, 0.05) is 24.1 Å².